The van der Waals surface area contributed by atoms with E-state index in [4.69, 9.17) is 0 Å². The first kappa shape index (κ1) is 22.1. The third-order valence-corrected chi connectivity index (χ3v) is 5.96. The highest BCUT2D eigenvalue weighted by Crippen LogP contribution is 2.25. The van der Waals surface area contributed by atoms with Gasteiger partial charge in [-0.3, -0.25) is 4.79 Å². The predicted octanol–water partition coefficient (Wildman–Crippen LogP) is 6.92. The Morgan fingerprint density at radius 2 is 1.67 bits per heavy atom. The van der Waals surface area contributed by atoms with Gasteiger partial charge in [-0.25, -0.2) is 0 Å². The molecule has 4 aromatic rings. The number of aromatic nitrogens is 1. The van der Waals surface area contributed by atoms with Gasteiger partial charge in [0.15, 0.2) is 0 Å². The van der Waals surface area contributed by atoms with Crippen molar-refractivity contribution in [1.82, 2.24) is 4.57 Å². The van der Waals surface area contributed by atoms with Gasteiger partial charge in [-0.1, -0.05) is 56.3 Å². The van der Waals surface area contributed by atoms with Crippen LogP contribution in [0.25, 0.3) is 22.5 Å². The summed E-state index contributed by atoms with van der Waals surface area (Å²) >= 11 is 0. The Hall–Kier alpha value is -4.10. The molecule has 0 unspecified atom stereocenters. The SMILES string of the molecule is Cc1cc(/C=C(/C#N)C(=O)Nc2ccc3ccccc3c2)c(C)n1-c1ccc(C(C)C)cc1. The smallest absolute Gasteiger partial charge is 0.266 e. The van der Waals surface area contributed by atoms with Gasteiger partial charge >= 0.3 is 0 Å². The minimum Gasteiger partial charge on any atom is -0.321 e. The van der Waals surface area contributed by atoms with Gasteiger partial charge in [0.05, 0.1) is 0 Å². The molecule has 1 heterocycles. The summed E-state index contributed by atoms with van der Waals surface area (Å²) < 4.78 is 2.15. The summed E-state index contributed by atoms with van der Waals surface area (Å²) in [5.41, 5.74) is 5.96. The number of amides is 1. The number of hydrogen-bond acceptors (Lipinski definition) is 2. The molecule has 1 amide bonds. The summed E-state index contributed by atoms with van der Waals surface area (Å²) in [7, 11) is 0. The van der Waals surface area contributed by atoms with Crippen LogP contribution in [0, 0.1) is 25.2 Å². The first-order chi connectivity index (χ1) is 15.9. The first-order valence-electron chi connectivity index (χ1n) is 11.1. The zero-order valence-corrected chi connectivity index (χ0v) is 19.4. The largest absolute Gasteiger partial charge is 0.321 e. The Morgan fingerprint density at radius 3 is 2.33 bits per heavy atom. The Balaban J connectivity index is 1.61. The van der Waals surface area contributed by atoms with E-state index in [2.05, 4.69) is 54.1 Å². The van der Waals surface area contributed by atoms with Gasteiger partial charge in [-0.15, -0.1) is 0 Å². The zero-order chi connectivity index (χ0) is 23.5. The number of nitrogens with one attached hydrogen (secondary N) is 1. The molecule has 0 saturated carbocycles. The van der Waals surface area contributed by atoms with Crippen LogP contribution >= 0.6 is 0 Å². The molecule has 0 saturated heterocycles. The summed E-state index contributed by atoms with van der Waals surface area (Å²) in [5, 5.41) is 14.7. The molecule has 0 aliphatic carbocycles. The third-order valence-electron chi connectivity index (χ3n) is 5.96. The number of fused-ring (bicyclic) bond motifs is 1. The summed E-state index contributed by atoms with van der Waals surface area (Å²) in [6.45, 7) is 8.39. The van der Waals surface area contributed by atoms with Crippen molar-refractivity contribution in [2.45, 2.75) is 33.6 Å². The minimum absolute atomic E-state index is 0.0681. The fraction of sp³-hybridized carbons (Fsp3) is 0.172. The molecule has 0 radical (unpaired) electrons. The Morgan fingerprint density at radius 1 is 0.970 bits per heavy atom. The monoisotopic (exact) mass is 433 g/mol. The molecule has 0 fully saturated rings. The fourth-order valence-corrected chi connectivity index (χ4v) is 4.11. The first-order valence-corrected chi connectivity index (χ1v) is 11.1. The minimum atomic E-state index is -0.418. The van der Waals surface area contributed by atoms with Crippen LogP contribution in [-0.2, 0) is 4.79 Å². The molecule has 4 nitrogen and oxygen atoms in total. The second-order valence-electron chi connectivity index (χ2n) is 8.59. The summed E-state index contributed by atoms with van der Waals surface area (Å²) in [4.78, 5) is 12.8. The molecule has 4 heteroatoms. The predicted molar refractivity (Wildman–Crippen MR) is 135 cm³/mol. The van der Waals surface area contributed by atoms with Gasteiger partial charge in [0, 0.05) is 22.8 Å². The fourth-order valence-electron chi connectivity index (χ4n) is 4.11. The number of nitriles is 1. The average molecular weight is 434 g/mol. The lowest BCUT2D eigenvalue weighted by Gasteiger charge is -2.12. The molecular formula is C29H27N3O. The molecule has 0 aliphatic heterocycles. The molecule has 4 rings (SSSR count). The molecule has 0 bridgehead atoms. The van der Waals surface area contributed by atoms with Gasteiger partial charge in [0.2, 0.25) is 0 Å². The molecule has 0 atom stereocenters. The van der Waals surface area contributed by atoms with Gasteiger partial charge in [0.25, 0.3) is 5.91 Å². The molecule has 1 N–H and O–H groups in total. The van der Waals surface area contributed by atoms with E-state index in [-0.39, 0.29) is 5.57 Å². The molecule has 33 heavy (non-hydrogen) atoms. The molecule has 0 aliphatic rings. The maximum atomic E-state index is 12.8. The number of carbonyl (C=O) groups is 1. The normalized spacial score (nSPS) is 11.6. The Kier molecular flexibility index (Phi) is 6.15. The maximum absolute atomic E-state index is 12.8. The molecule has 1 aromatic heterocycles. The number of nitrogens with zero attached hydrogens (tertiary/aromatic N) is 2. The molecular weight excluding hydrogens is 406 g/mol. The lowest BCUT2D eigenvalue weighted by atomic mass is 10.0. The number of aryl methyl sites for hydroxylation is 1. The van der Waals surface area contributed by atoms with Crippen molar-refractivity contribution in [3.63, 3.8) is 0 Å². The highest BCUT2D eigenvalue weighted by Gasteiger charge is 2.14. The van der Waals surface area contributed by atoms with Crippen molar-refractivity contribution in [2.75, 3.05) is 5.32 Å². The van der Waals surface area contributed by atoms with Crippen LogP contribution in [0.3, 0.4) is 0 Å². The number of carbonyl (C=O) groups excluding carboxylic acids is 1. The van der Waals surface area contributed by atoms with Crippen LogP contribution in [0.5, 0.6) is 0 Å². The lowest BCUT2D eigenvalue weighted by molar-refractivity contribution is -0.112. The van der Waals surface area contributed by atoms with Crippen LogP contribution in [-0.4, -0.2) is 10.5 Å². The second kappa shape index (κ2) is 9.18. The summed E-state index contributed by atoms with van der Waals surface area (Å²) in [6.07, 6.45) is 1.66. The number of benzene rings is 3. The van der Waals surface area contributed by atoms with E-state index in [1.807, 2.05) is 62.4 Å². The number of hydrogen-bond donors (Lipinski definition) is 1. The van der Waals surface area contributed by atoms with Crippen molar-refractivity contribution in [2.24, 2.45) is 0 Å². The van der Waals surface area contributed by atoms with E-state index in [1.165, 1.54) is 5.56 Å². The van der Waals surface area contributed by atoms with Gasteiger partial charge in [-0.05, 0) is 78.1 Å². The van der Waals surface area contributed by atoms with Crippen molar-refractivity contribution in [3.05, 3.63) is 101 Å². The topological polar surface area (TPSA) is 57.8 Å². The lowest BCUT2D eigenvalue weighted by Crippen LogP contribution is -2.13. The highest BCUT2D eigenvalue weighted by atomic mass is 16.1. The van der Waals surface area contributed by atoms with E-state index < -0.39 is 5.91 Å². The average Bonchev–Trinajstić information content (AvgIpc) is 3.09. The Bertz CT molecular complexity index is 1400. The molecule has 164 valence electrons. The zero-order valence-electron chi connectivity index (χ0n) is 19.4. The van der Waals surface area contributed by atoms with E-state index in [0.29, 0.717) is 11.6 Å². The van der Waals surface area contributed by atoms with E-state index in [9.17, 15) is 10.1 Å². The van der Waals surface area contributed by atoms with Crippen LogP contribution < -0.4 is 5.32 Å². The van der Waals surface area contributed by atoms with E-state index >= 15 is 0 Å². The summed E-state index contributed by atoms with van der Waals surface area (Å²) in [6, 6.07) is 26.3. The van der Waals surface area contributed by atoms with Crippen LogP contribution in [0.2, 0.25) is 0 Å². The highest BCUT2D eigenvalue weighted by molar-refractivity contribution is 6.10. The van der Waals surface area contributed by atoms with Gasteiger partial charge < -0.3 is 9.88 Å². The van der Waals surface area contributed by atoms with Crippen molar-refractivity contribution < 1.29 is 4.79 Å². The maximum Gasteiger partial charge on any atom is 0.266 e. The van der Waals surface area contributed by atoms with Crippen molar-refractivity contribution in [3.8, 4) is 11.8 Å². The van der Waals surface area contributed by atoms with Crippen molar-refractivity contribution in [1.29, 1.82) is 5.26 Å². The number of anilines is 1. The van der Waals surface area contributed by atoms with Crippen LogP contribution in [0.1, 0.15) is 42.3 Å². The number of rotatable bonds is 5. The van der Waals surface area contributed by atoms with Crippen molar-refractivity contribution >= 4 is 28.4 Å². The van der Waals surface area contributed by atoms with Gasteiger partial charge in [0.1, 0.15) is 11.6 Å². The quantitative estimate of drug-likeness (QED) is 0.274. The summed E-state index contributed by atoms with van der Waals surface area (Å²) in [5.74, 6) is 0.0579. The van der Waals surface area contributed by atoms with Gasteiger partial charge in [-0.2, -0.15) is 5.26 Å². The van der Waals surface area contributed by atoms with E-state index in [0.717, 1.165) is 33.4 Å². The van der Waals surface area contributed by atoms with Crippen LogP contribution in [0.4, 0.5) is 5.69 Å². The van der Waals surface area contributed by atoms with Crippen LogP contribution in [0.15, 0.2) is 78.4 Å². The third kappa shape index (κ3) is 4.58. The van der Waals surface area contributed by atoms with E-state index in [1.54, 1.807) is 6.08 Å². The standard InChI is InChI=1S/C29H27N3O/c1-19(2)22-10-13-28(14-11-22)32-20(3)15-25(21(32)4)16-26(18-30)29(33)31-27-12-9-23-7-5-6-8-24(23)17-27/h5-17,19H,1-4H3,(H,31,33)/b26-16-. The molecule has 0 spiro atoms. The molecule has 3 aromatic carbocycles. The second-order valence-corrected chi connectivity index (χ2v) is 8.59. The Labute approximate surface area is 194 Å².